The quantitative estimate of drug-likeness (QED) is 0.807. The van der Waals surface area contributed by atoms with E-state index in [1.807, 2.05) is 6.07 Å². The fourth-order valence-electron chi connectivity index (χ4n) is 3.09. The van der Waals surface area contributed by atoms with Crippen LogP contribution < -0.4 is 11.5 Å². The molecule has 0 aromatic carbocycles. The van der Waals surface area contributed by atoms with Crippen LogP contribution in [0.3, 0.4) is 0 Å². The highest BCUT2D eigenvalue weighted by Crippen LogP contribution is 2.40. The molecule has 3 rings (SSSR count). The Morgan fingerprint density at radius 3 is 2.60 bits per heavy atom. The number of hydrogen-bond donors (Lipinski definition) is 2. The van der Waals surface area contributed by atoms with E-state index < -0.39 is 0 Å². The molecule has 0 unspecified atom stereocenters. The highest BCUT2D eigenvalue weighted by molar-refractivity contribution is 7.14. The number of anilines is 2. The zero-order valence-corrected chi connectivity index (χ0v) is 15.5. The number of rotatable bonds is 3. The van der Waals surface area contributed by atoms with Crippen LogP contribution in [0.25, 0.3) is 0 Å². The van der Waals surface area contributed by atoms with Crippen LogP contribution in [-0.2, 0) is 24.2 Å². The maximum atomic E-state index is 12.3. The molecule has 0 bridgehead atoms. The summed E-state index contributed by atoms with van der Waals surface area (Å²) >= 11 is 1.52. The van der Waals surface area contributed by atoms with E-state index in [1.54, 1.807) is 0 Å². The van der Waals surface area contributed by atoms with Crippen molar-refractivity contribution < 1.29 is 9.53 Å². The second-order valence-corrected chi connectivity index (χ2v) is 8.55. The maximum absolute atomic E-state index is 12.3. The molecule has 7 nitrogen and oxygen atoms in total. The van der Waals surface area contributed by atoms with Gasteiger partial charge in [0.05, 0.1) is 0 Å². The zero-order valence-electron chi connectivity index (χ0n) is 14.7. The maximum Gasteiger partial charge on any atom is 0.348 e. The van der Waals surface area contributed by atoms with Crippen molar-refractivity contribution in [3.8, 4) is 0 Å². The van der Waals surface area contributed by atoms with Crippen molar-refractivity contribution >= 4 is 29.2 Å². The molecular formula is C17H23N5O2S. The molecular weight excluding hydrogens is 338 g/mol. The second kappa shape index (κ2) is 6.59. The van der Waals surface area contributed by atoms with Gasteiger partial charge in [0.2, 0.25) is 11.9 Å². The first kappa shape index (κ1) is 17.6. The summed E-state index contributed by atoms with van der Waals surface area (Å²) in [4.78, 5) is 25.7. The van der Waals surface area contributed by atoms with Crippen LogP contribution in [0.5, 0.6) is 0 Å². The first-order chi connectivity index (χ1) is 11.7. The second-order valence-electron chi connectivity index (χ2n) is 7.41. The van der Waals surface area contributed by atoms with Gasteiger partial charge in [0, 0.05) is 4.88 Å². The van der Waals surface area contributed by atoms with Gasteiger partial charge in [-0.2, -0.15) is 15.0 Å². The molecule has 0 amide bonds. The number of nitrogens with zero attached hydrogens (tertiary/aromatic N) is 3. The normalized spacial score (nSPS) is 17.2. The van der Waals surface area contributed by atoms with E-state index in [-0.39, 0.29) is 35.7 Å². The molecule has 1 aliphatic carbocycles. The largest absolute Gasteiger partial charge is 0.453 e. The molecule has 0 saturated carbocycles. The Morgan fingerprint density at radius 2 is 1.96 bits per heavy atom. The van der Waals surface area contributed by atoms with Gasteiger partial charge in [-0.25, -0.2) is 4.79 Å². The van der Waals surface area contributed by atoms with Crippen molar-refractivity contribution in [2.45, 2.75) is 46.6 Å². The Bertz CT molecular complexity index is 777. The summed E-state index contributed by atoms with van der Waals surface area (Å²) in [7, 11) is 0. The third-order valence-electron chi connectivity index (χ3n) is 4.56. The summed E-state index contributed by atoms with van der Waals surface area (Å²) in [6.45, 7) is 6.74. The number of ether oxygens (including phenoxy) is 1. The van der Waals surface area contributed by atoms with E-state index in [0.717, 1.165) is 19.3 Å². The number of aromatic nitrogens is 3. The molecule has 4 N–H and O–H groups in total. The molecule has 8 heteroatoms. The number of carbonyl (C=O) groups excluding carboxylic acids is 1. The number of carbonyl (C=O) groups is 1. The molecule has 25 heavy (non-hydrogen) atoms. The fourth-order valence-corrected chi connectivity index (χ4v) is 4.19. The lowest BCUT2D eigenvalue weighted by Gasteiger charge is -2.33. The van der Waals surface area contributed by atoms with Gasteiger partial charge in [-0.3, -0.25) is 0 Å². The first-order valence-electron chi connectivity index (χ1n) is 8.27. The summed E-state index contributed by atoms with van der Waals surface area (Å²) in [6, 6.07) is 1.97. The van der Waals surface area contributed by atoms with Crippen molar-refractivity contribution in [2.24, 2.45) is 11.3 Å². The summed E-state index contributed by atoms with van der Waals surface area (Å²) < 4.78 is 5.30. The third kappa shape index (κ3) is 4.07. The van der Waals surface area contributed by atoms with Gasteiger partial charge in [0.15, 0.2) is 12.4 Å². The summed E-state index contributed by atoms with van der Waals surface area (Å²) in [5, 5.41) is 0. The van der Waals surface area contributed by atoms with Crippen LogP contribution in [-0.4, -0.2) is 20.9 Å². The zero-order chi connectivity index (χ0) is 18.2. The number of hydrogen-bond acceptors (Lipinski definition) is 8. The highest BCUT2D eigenvalue weighted by atomic mass is 32.1. The van der Waals surface area contributed by atoms with E-state index in [9.17, 15) is 4.79 Å². The lowest BCUT2D eigenvalue weighted by Crippen LogP contribution is -2.26. The average Bonchev–Trinajstić information content (AvgIpc) is 2.94. The van der Waals surface area contributed by atoms with Crippen molar-refractivity contribution in [1.29, 1.82) is 0 Å². The average molecular weight is 361 g/mol. The predicted molar refractivity (Wildman–Crippen MR) is 97.1 cm³/mol. The van der Waals surface area contributed by atoms with Crippen molar-refractivity contribution in [3.05, 3.63) is 27.2 Å². The van der Waals surface area contributed by atoms with Crippen molar-refractivity contribution in [2.75, 3.05) is 11.5 Å². The summed E-state index contributed by atoms with van der Waals surface area (Å²) in [6.07, 6.45) is 3.20. The van der Waals surface area contributed by atoms with E-state index in [1.165, 1.54) is 21.8 Å². The van der Waals surface area contributed by atoms with E-state index in [4.69, 9.17) is 16.2 Å². The lowest BCUT2D eigenvalue weighted by molar-refractivity contribution is 0.0468. The predicted octanol–water partition coefficient (Wildman–Crippen LogP) is 2.61. The third-order valence-corrected chi connectivity index (χ3v) is 5.77. The number of aryl methyl sites for hydroxylation is 1. The van der Waals surface area contributed by atoms with Gasteiger partial charge in [0.25, 0.3) is 0 Å². The van der Waals surface area contributed by atoms with Gasteiger partial charge in [-0.1, -0.05) is 20.8 Å². The van der Waals surface area contributed by atoms with E-state index in [0.29, 0.717) is 10.8 Å². The van der Waals surface area contributed by atoms with Gasteiger partial charge in [-0.05, 0) is 42.2 Å². The van der Waals surface area contributed by atoms with Crippen LogP contribution in [0, 0.1) is 11.3 Å². The van der Waals surface area contributed by atoms with Gasteiger partial charge in [0.1, 0.15) is 4.88 Å². The van der Waals surface area contributed by atoms with E-state index in [2.05, 4.69) is 35.7 Å². The van der Waals surface area contributed by atoms with Crippen LogP contribution in [0.2, 0.25) is 0 Å². The van der Waals surface area contributed by atoms with Gasteiger partial charge < -0.3 is 16.2 Å². The fraction of sp³-hybridized carbons (Fsp3) is 0.529. The molecule has 2 aromatic heterocycles. The monoisotopic (exact) mass is 361 g/mol. The van der Waals surface area contributed by atoms with Crippen molar-refractivity contribution in [3.63, 3.8) is 0 Å². The Kier molecular flexibility index (Phi) is 4.64. The van der Waals surface area contributed by atoms with Crippen LogP contribution in [0.4, 0.5) is 11.9 Å². The van der Waals surface area contributed by atoms with Crippen LogP contribution in [0.15, 0.2) is 6.07 Å². The number of nitrogens with two attached hydrogens (primary N) is 2. The summed E-state index contributed by atoms with van der Waals surface area (Å²) in [5.74, 6) is 0.531. The Balaban J connectivity index is 1.67. The Labute approximate surface area is 150 Å². The van der Waals surface area contributed by atoms with Gasteiger partial charge >= 0.3 is 5.97 Å². The molecule has 0 fully saturated rings. The van der Waals surface area contributed by atoms with E-state index >= 15 is 0 Å². The smallest absolute Gasteiger partial charge is 0.348 e. The molecule has 0 spiro atoms. The van der Waals surface area contributed by atoms with Gasteiger partial charge in [-0.15, -0.1) is 11.3 Å². The molecule has 1 aliphatic rings. The van der Waals surface area contributed by atoms with Crippen molar-refractivity contribution in [1.82, 2.24) is 15.0 Å². The molecule has 2 heterocycles. The topological polar surface area (TPSA) is 117 Å². The number of esters is 1. The number of nitrogen functional groups attached to an aromatic ring is 2. The Hall–Kier alpha value is -2.22. The number of fused-ring (bicyclic) bond motifs is 1. The first-order valence-corrected chi connectivity index (χ1v) is 9.08. The standard InChI is InChI=1S/C17H23N5O2S/c1-17(2,3)10-4-5-11-9(6-10)7-12(25-11)14(23)24-8-13-20-15(18)22-16(19)21-13/h7,10H,4-6,8H2,1-3H3,(H4,18,19,20,21,22)/t10-/m0/s1. The summed E-state index contributed by atoms with van der Waals surface area (Å²) in [5.41, 5.74) is 12.6. The highest BCUT2D eigenvalue weighted by Gasteiger charge is 2.30. The lowest BCUT2D eigenvalue weighted by atomic mass is 9.72. The number of thiophene rings is 1. The molecule has 0 aliphatic heterocycles. The molecule has 134 valence electrons. The molecule has 0 radical (unpaired) electrons. The molecule has 2 aromatic rings. The minimum Gasteiger partial charge on any atom is -0.453 e. The molecule has 0 saturated heterocycles. The Morgan fingerprint density at radius 1 is 1.28 bits per heavy atom. The minimum absolute atomic E-state index is 0.0124. The molecule has 1 atom stereocenters. The van der Waals surface area contributed by atoms with Crippen LogP contribution in [0.1, 0.15) is 53.1 Å². The van der Waals surface area contributed by atoms with Crippen LogP contribution >= 0.6 is 11.3 Å². The minimum atomic E-state index is -0.371. The SMILES string of the molecule is CC(C)(C)[C@H]1CCc2sc(C(=O)OCc3nc(N)nc(N)n3)cc2C1.